The second-order valence-corrected chi connectivity index (χ2v) is 7.97. The van der Waals surface area contributed by atoms with Crippen LogP contribution in [0.25, 0.3) is 0 Å². The second kappa shape index (κ2) is 9.61. The molecule has 1 aromatic carbocycles. The van der Waals surface area contributed by atoms with Crippen LogP contribution >= 0.6 is 0 Å². The van der Waals surface area contributed by atoms with Gasteiger partial charge in [0.2, 0.25) is 11.9 Å². The third-order valence-corrected chi connectivity index (χ3v) is 5.91. The molecule has 2 aliphatic rings. The molecule has 2 unspecified atom stereocenters. The van der Waals surface area contributed by atoms with Gasteiger partial charge in [0.25, 0.3) is 5.95 Å². The van der Waals surface area contributed by atoms with Gasteiger partial charge in [-0.05, 0) is 50.8 Å². The molecule has 4 N–H and O–H groups in total. The highest BCUT2D eigenvalue weighted by Crippen LogP contribution is 2.31. The smallest absolute Gasteiger partial charge is 0.251 e. The van der Waals surface area contributed by atoms with E-state index in [2.05, 4.69) is 37.5 Å². The van der Waals surface area contributed by atoms with Crippen molar-refractivity contribution in [2.75, 3.05) is 42.8 Å². The lowest BCUT2D eigenvalue weighted by atomic mass is 10.0. The Bertz CT molecular complexity index is 886. The summed E-state index contributed by atoms with van der Waals surface area (Å²) in [5, 5.41) is 10.9. The second-order valence-electron chi connectivity index (χ2n) is 7.97. The van der Waals surface area contributed by atoms with Crippen LogP contribution in [0.5, 0.6) is 5.75 Å². The molecule has 168 valence electrons. The Morgan fingerprint density at radius 3 is 2.74 bits per heavy atom. The summed E-state index contributed by atoms with van der Waals surface area (Å²) < 4.78 is 19.6. The normalized spacial score (nSPS) is 20.0. The van der Waals surface area contributed by atoms with Crippen LogP contribution in [0.2, 0.25) is 0 Å². The standard InChI is InChI=1S/C21H31FN8O/c1-3-16(17-7-6-10-24-17)25-20-26-19(23)27-21(28-20)30(29-11-4-5-12-29)14-8-9-18(31-2)15(22)13-14/h8-9,13,16-17,24H,3-7,10-12H2,1-2H3,(H3,23,25,26,27,28). The maximum atomic E-state index is 14.5. The van der Waals surface area contributed by atoms with Crippen LogP contribution in [0.4, 0.5) is 27.9 Å². The van der Waals surface area contributed by atoms with Crippen molar-refractivity contribution in [1.29, 1.82) is 0 Å². The molecular formula is C21H31FN8O. The first-order valence-corrected chi connectivity index (χ1v) is 11.0. The molecule has 2 aliphatic heterocycles. The highest BCUT2D eigenvalue weighted by atomic mass is 19.1. The molecule has 2 atom stereocenters. The number of hydrazine groups is 1. The van der Waals surface area contributed by atoms with Crippen LogP contribution in [-0.2, 0) is 0 Å². The molecule has 0 aliphatic carbocycles. The van der Waals surface area contributed by atoms with Gasteiger partial charge in [0.1, 0.15) is 0 Å². The fraction of sp³-hybridized carbons (Fsp3) is 0.571. The lowest BCUT2D eigenvalue weighted by molar-refractivity contribution is 0.338. The van der Waals surface area contributed by atoms with Gasteiger partial charge in [-0.15, -0.1) is 0 Å². The monoisotopic (exact) mass is 430 g/mol. The number of hydrogen-bond donors (Lipinski definition) is 3. The first kappa shape index (κ1) is 21.5. The Morgan fingerprint density at radius 1 is 1.29 bits per heavy atom. The van der Waals surface area contributed by atoms with Gasteiger partial charge < -0.3 is 21.1 Å². The highest BCUT2D eigenvalue weighted by molar-refractivity contribution is 5.59. The largest absolute Gasteiger partial charge is 0.494 e. The van der Waals surface area contributed by atoms with Gasteiger partial charge in [-0.2, -0.15) is 15.0 Å². The summed E-state index contributed by atoms with van der Waals surface area (Å²) >= 11 is 0. The summed E-state index contributed by atoms with van der Waals surface area (Å²) in [4.78, 5) is 13.4. The summed E-state index contributed by atoms with van der Waals surface area (Å²) in [6, 6.07) is 5.40. The number of nitrogens with zero attached hydrogens (tertiary/aromatic N) is 5. The summed E-state index contributed by atoms with van der Waals surface area (Å²) in [6.45, 7) is 4.82. The van der Waals surface area contributed by atoms with E-state index < -0.39 is 5.82 Å². The Kier molecular flexibility index (Phi) is 6.67. The lowest BCUT2D eigenvalue weighted by Crippen LogP contribution is -2.41. The van der Waals surface area contributed by atoms with E-state index >= 15 is 0 Å². The van der Waals surface area contributed by atoms with Crippen LogP contribution in [0.3, 0.4) is 0 Å². The number of nitrogens with two attached hydrogens (primary N) is 1. The summed E-state index contributed by atoms with van der Waals surface area (Å²) in [6.07, 6.45) is 5.30. The predicted molar refractivity (Wildman–Crippen MR) is 119 cm³/mol. The zero-order valence-corrected chi connectivity index (χ0v) is 18.1. The van der Waals surface area contributed by atoms with Crippen LogP contribution in [0, 0.1) is 5.82 Å². The number of ether oxygens (including phenoxy) is 1. The zero-order chi connectivity index (χ0) is 21.8. The van der Waals surface area contributed by atoms with Gasteiger partial charge in [0.15, 0.2) is 11.6 Å². The molecule has 0 bridgehead atoms. The van der Waals surface area contributed by atoms with Gasteiger partial charge >= 0.3 is 0 Å². The van der Waals surface area contributed by atoms with E-state index in [0.717, 1.165) is 45.3 Å². The molecule has 2 fully saturated rings. The third kappa shape index (κ3) is 4.80. The highest BCUT2D eigenvalue weighted by Gasteiger charge is 2.27. The van der Waals surface area contributed by atoms with Gasteiger partial charge in [-0.3, -0.25) is 0 Å². The molecule has 0 radical (unpaired) electrons. The minimum absolute atomic E-state index is 0.125. The van der Waals surface area contributed by atoms with Crippen molar-refractivity contribution in [3.05, 3.63) is 24.0 Å². The molecule has 0 spiro atoms. The topological polar surface area (TPSA) is 104 Å². The zero-order valence-electron chi connectivity index (χ0n) is 18.1. The lowest BCUT2D eigenvalue weighted by Gasteiger charge is -2.32. The van der Waals surface area contributed by atoms with Crippen molar-refractivity contribution < 1.29 is 9.13 Å². The molecule has 0 amide bonds. The molecule has 0 saturated carbocycles. The number of methoxy groups -OCH3 is 1. The summed E-state index contributed by atoms with van der Waals surface area (Å²) in [5.41, 5.74) is 6.68. The van der Waals surface area contributed by atoms with Crippen molar-refractivity contribution in [3.63, 3.8) is 0 Å². The maximum Gasteiger partial charge on any atom is 0.251 e. The Balaban J connectivity index is 1.67. The molecule has 10 heteroatoms. The maximum absolute atomic E-state index is 14.5. The Morgan fingerprint density at radius 2 is 2.10 bits per heavy atom. The van der Waals surface area contributed by atoms with E-state index in [1.165, 1.54) is 19.6 Å². The summed E-state index contributed by atoms with van der Waals surface area (Å²) in [5.74, 6) is 0.678. The Labute approximate surface area is 182 Å². The van der Waals surface area contributed by atoms with Crippen LogP contribution in [-0.4, -0.2) is 58.8 Å². The van der Waals surface area contributed by atoms with Crippen LogP contribution in [0.1, 0.15) is 39.0 Å². The molecule has 3 heterocycles. The van der Waals surface area contributed by atoms with E-state index in [-0.39, 0.29) is 17.7 Å². The minimum atomic E-state index is -0.442. The van der Waals surface area contributed by atoms with E-state index in [1.54, 1.807) is 12.1 Å². The van der Waals surface area contributed by atoms with E-state index in [4.69, 9.17) is 10.5 Å². The van der Waals surface area contributed by atoms with Crippen LogP contribution < -0.4 is 26.1 Å². The van der Waals surface area contributed by atoms with Crippen molar-refractivity contribution in [3.8, 4) is 5.75 Å². The van der Waals surface area contributed by atoms with Crippen molar-refractivity contribution in [2.45, 2.75) is 51.1 Å². The number of benzene rings is 1. The third-order valence-electron chi connectivity index (χ3n) is 5.91. The predicted octanol–water partition coefficient (Wildman–Crippen LogP) is 2.69. The summed E-state index contributed by atoms with van der Waals surface area (Å²) in [7, 11) is 1.45. The van der Waals surface area contributed by atoms with Gasteiger partial charge in [-0.1, -0.05) is 6.92 Å². The number of nitrogen functional groups attached to an aromatic ring is 1. The van der Waals surface area contributed by atoms with Crippen molar-refractivity contribution in [2.24, 2.45) is 0 Å². The molecule has 1 aromatic heterocycles. The number of halogens is 1. The molecular weight excluding hydrogens is 399 g/mol. The number of hydrogen-bond acceptors (Lipinski definition) is 9. The molecule has 9 nitrogen and oxygen atoms in total. The van der Waals surface area contributed by atoms with E-state index in [0.29, 0.717) is 23.6 Å². The number of rotatable bonds is 8. The quantitative estimate of drug-likeness (QED) is 0.583. The average Bonchev–Trinajstić information content (AvgIpc) is 3.47. The van der Waals surface area contributed by atoms with Gasteiger partial charge in [0.05, 0.1) is 12.8 Å². The van der Waals surface area contributed by atoms with Gasteiger partial charge in [0, 0.05) is 31.2 Å². The first-order chi connectivity index (χ1) is 15.1. The number of nitrogens with one attached hydrogen (secondary N) is 2. The Hall–Kier alpha value is -2.72. The minimum Gasteiger partial charge on any atom is -0.494 e. The SMILES string of the molecule is CCC(Nc1nc(N)nc(N(c2ccc(OC)c(F)c2)N2CCCC2)n1)C1CCCN1. The van der Waals surface area contributed by atoms with Crippen LogP contribution in [0.15, 0.2) is 18.2 Å². The number of anilines is 4. The molecule has 2 saturated heterocycles. The fourth-order valence-electron chi connectivity index (χ4n) is 4.34. The van der Waals surface area contributed by atoms with Crippen molar-refractivity contribution >= 4 is 23.5 Å². The van der Waals surface area contributed by atoms with E-state index in [1.807, 2.05) is 5.01 Å². The molecule has 31 heavy (non-hydrogen) atoms. The first-order valence-electron chi connectivity index (χ1n) is 11.0. The molecule has 2 aromatic rings. The fourth-order valence-corrected chi connectivity index (χ4v) is 4.34. The average molecular weight is 431 g/mol. The van der Waals surface area contributed by atoms with E-state index in [9.17, 15) is 4.39 Å². The van der Waals surface area contributed by atoms with Crippen molar-refractivity contribution in [1.82, 2.24) is 25.3 Å². The molecule has 4 rings (SSSR count). The number of aromatic nitrogens is 3. The van der Waals surface area contributed by atoms with Gasteiger partial charge in [-0.25, -0.2) is 14.4 Å².